The van der Waals surface area contributed by atoms with Crippen LogP contribution < -0.4 is 4.80 Å². The predicted molar refractivity (Wildman–Crippen MR) is 83.0 cm³/mol. The van der Waals surface area contributed by atoms with Crippen LogP contribution in [0.4, 0.5) is 5.69 Å². The monoisotopic (exact) mass is 274 g/mol. The topological polar surface area (TPSA) is 17.3 Å². The van der Waals surface area contributed by atoms with Gasteiger partial charge in [0.2, 0.25) is 0 Å². The highest BCUT2D eigenvalue weighted by atomic mass is 32.1. The van der Waals surface area contributed by atoms with Crippen molar-refractivity contribution in [3.63, 3.8) is 0 Å². The second-order valence-corrected chi connectivity index (χ2v) is 6.38. The van der Waals surface area contributed by atoms with Crippen LogP contribution in [0.15, 0.2) is 28.6 Å². The third-order valence-corrected chi connectivity index (χ3v) is 4.24. The first-order valence-electron chi connectivity index (χ1n) is 6.74. The molecule has 0 aliphatic heterocycles. The molecule has 0 atom stereocenters. The van der Waals surface area contributed by atoms with Gasteiger partial charge >= 0.3 is 0 Å². The Morgan fingerprint density at radius 2 is 1.89 bits per heavy atom. The van der Waals surface area contributed by atoms with Crippen LogP contribution in [0.25, 0.3) is 0 Å². The third-order valence-electron chi connectivity index (χ3n) is 3.25. The number of thiazole rings is 1. The predicted octanol–water partition coefficient (Wildman–Crippen LogP) is 4.36. The SMILES string of the molecule is Cc1ccc(N=c2scc(C)n2CC(C)C)cc1C. The molecule has 0 aliphatic rings. The lowest BCUT2D eigenvalue weighted by Gasteiger charge is -2.08. The van der Waals surface area contributed by atoms with Gasteiger partial charge < -0.3 is 4.57 Å². The number of rotatable bonds is 3. The molecule has 0 saturated carbocycles. The third kappa shape index (κ3) is 3.35. The number of hydrogen-bond acceptors (Lipinski definition) is 2. The molecule has 2 rings (SSSR count). The zero-order valence-electron chi connectivity index (χ0n) is 12.4. The van der Waals surface area contributed by atoms with Crippen molar-refractivity contribution in [3.05, 3.63) is 45.2 Å². The Labute approximate surface area is 119 Å². The van der Waals surface area contributed by atoms with Crippen LogP contribution in [0, 0.1) is 26.7 Å². The molecule has 0 saturated heterocycles. The van der Waals surface area contributed by atoms with Crippen molar-refractivity contribution < 1.29 is 0 Å². The molecular formula is C16H22N2S. The molecule has 102 valence electrons. The molecule has 19 heavy (non-hydrogen) atoms. The Hall–Kier alpha value is -1.35. The van der Waals surface area contributed by atoms with Crippen LogP contribution in [0.3, 0.4) is 0 Å². The maximum absolute atomic E-state index is 4.80. The van der Waals surface area contributed by atoms with Gasteiger partial charge in [-0.2, -0.15) is 0 Å². The molecule has 0 amide bonds. The molecule has 0 spiro atoms. The summed E-state index contributed by atoms with van der Waals surface area (Å²) in [5, 5.41) is 2.18. The fourth-order valence-corrected chi connectivity index (χ4v) is 2.90. The van der Waals surface area contributed by atoms with Crippen LogP contribution in [0.1, 0.15) is 30.7 Å². The summed E-state index contributed by atoms with van der Waals surface area (Å²) in [6, 6.07) is 6.39. The standard InChI is InChI=1S/C16H22N2S/c1-11(2)9-18-14(5)10-19-16(18)17-15-7-6-12(3)13(4)8-15/h6-8,10-11H,9H2,1-5H3. The number of aromatic nitrogens is 1. The summed E-state index contributed by atoms with van der Waals surface area (Å²) in [6.45, 7) is 11.9. The summed E-state index contributed by atoms with van der Waals surface area (Å²) in [7, 11) is 0. The van der Waals surface area contributed by atoms with Crippen LogP contribution in [-0.4, -0.2) is 4.57 Å². The molecule has 1 aromatic carbocycles. The molecule has 2 nitrogen and oxygen atoms in total. The van der Waals surface area contributed by atoms with Gasteiger partial charge in [-0.1, -0.05) is 19.9 Å². The van der Waals surface area contributed by atoms with E-state index in [2.05, 4.69) is 62.8 Å². The molecule has 0 fully saturated rings. The van der Waals surface area contributed by atoms with Crippen LogP contribution in [0.2, 0.25) is 0 Å². The van der Waals surface area contributed by atoms with E-state index < -0.39 is 0 Å². The summed E-state index contributed by atoms with van der Waals surface area (Å²) < 4.78 is 2.31. The van der Waals surface area contributed by atoms with E-state index in [0.717, 1.165) is 17.0 Å². The van der Waals surface area contributed by atoms with E-state index in [4.69, 9.17) is 4.99 Å². The second-order valence-electron chi connectivity index (χ2n) is 5.54. The van der Waals surface area contributed by atoms with Gasteiger partial charge in [0.25, 0.3) is 0 Å². The Morgan fingerprint density at radius 3 is 2.53 bits per heavy atom. The van der Waals surface area contributed by atoms with Gasteiger partial charge in [-0.3, -0.25) is 0 Å². The van der Waals surface area contributed by atoms with Gasteiger partial charge in [0.1, 0.15) is 0 Å². The lowest BCUT2D eigenvalue weighted by molar-refractivity contribution is 0.506. The van der Waals surface area contributed by atoms with E-state index in [-0.39, 0.29) is 0 Å². The average molecular weight is 274 g/mol. The Bertz CT molecular complexity index is 632. The highest BCUT2D eigenvalue weighted by Gasteiger charge is 2.04. The van der Waals surface area contributed by atoms with E-state index in [9.17, 15) is 0 Å². The number of benzene rings is 1. The fraction of sp³-hybridized carbons (Fsp3) is 0.438. The first-order chi connectivity index (χ1) is 8.97. The molecule has 2 aromatic rings. The molecule has 0 unspecified atom stereocenters. The zero-order chi connectivity index (χ0) is 14.0. The maximum Gasteiger partial charge on any atom is 0.190 e. The summed E-state index contributed by atoms with van der Waals surface area (Å²) in [6.07, 6.45) is 0. The largest absolute Gasteiger partial charge is 0.321 e. The minimum Gasteiger partial charge on any atom is -0.321 e. The Balaban J connectivity index is 2.45. The minimum atomic E-state index is 0.631. The molecule has 0 radical (unpaired) electrons. The van der Waals surface area contributed by atoms with Gasteiger partial charge in [-0.15, -0.1) is 11.3 Å². The fourth-order valence-electron chi connectivity index (χ4n) is 2.00. The van der Waals surface area contributed by atoms with Crippen molar-refractivity contribution in [2.45, 2.75) is 41.2 Å². The van der Waals surface area contributed by atoms with Crippen molar-refractivity contribution in [1.29, 1.82) is 0 Å². The van der Waals surface area contributed by atoms with E-state index in [1.165, 1.54) is 16.8 Å². The van der Waals surface area contributed by atoms with Gasteiger partial charge in [-0.25, -0.2) is 4.99 Å². The molecule has 1 heterocycles. The number of aryl methyl sites for hydroxylation is 3. The minimum absolute atomic E-state index is 0.631. The number of nitrogens with zero attached hydrogens (tertiary/aromatic N) is 2. The molecule has 0 N–H and O–H groups in total. The van der Waals surface area contributed by atoms with Crippen LogP contribution in [-0.2, 0) is 6.54 Å². The van der Waals surface area contributed by atoms with Gasteiger partial charge in [-0.05, 0) is 49.9 Å². The average Bonchev–Trinajstić information content (AvgIpc) is 2.66. The smallest absolute Gasteiger partial charge is 0.190 e. The molecule has 3 heteroatoms. The maximum atomic E-state index is 4.80. The van der Waals surface area contributed by atoms with Gasteiger partial charge in [0.15, 0.2) is 4.80 Å². The summed E-state index contributed by atoms with van der Waals surface area (Å²) in [5.74, 6) is 0.631. The molecule has 0 bridgehead atoms. The van der Waals surface area contributed by atoms with Crippen molar-refractivity contribution in [2.24, 2.45) is 10.9 Å². The van der Waals surface area contributed by atoms with Crippen LogP contribution >= 0.6 is 11.3 Å². The lowest BCUT2D eigenvalue weighted by atomic mass is 10.1. The van der Waals surface area contributed by atoms with E-state index in [0.29, 0.717) is 5.92 Å². The van der Waals surface area contributed by atoms with E-state index >= 15 is 0 Å². The van der Waals surface area contributed by atoms with Crippen LogP contribution in [0.5, 0.6) is 0 Å². The Morgan fingerprint density at radius 1 is 1.16 bits per heavy atom. The quantitative estimate of drug-likeness (QED) is 0.791. The number of hydrogen-bond donors (Lipinski definition) is 0. The first kappa shape index (κ1) is 14.1. The first-order valence-corrected chi connectivity index (χ1v) is 7.62. The van der Waals surface area contributed by atoms with Gasteiger partial charge in [0.05, 0.1) is 5.69 Å². The highest BCUT2D eigenvalue weighted by Crippen LogP contribution is 2.17. The lowest BCUT2D eigenvalue weighted by Crippen LogP contribution is -2.19. The second kappa shape index (κ2) is 5.74. The zero-order valence-corrected chi connectivity index (χ0v) is 13.2. The molecule has 1 aromatic heterocycles. The summed E-state index contributed by atoms with van der Waals surface area (Å²) in [4.78, 5) is 5.89. The Kier molecular flexibility index (Phi) is 4.25. The molecule has 0 aliphatic carbocycles. The summed E-state index contributed by atoms with van der Waals surface area (Å²) >= 11 is 1.72. The van der Waals surface area contributed by atoms with Crippen molar-refractivity contribution in [2.75, 3.05) is 0 Å². The van der Waals surface area contributed by atoms with Gasteiger partial charge in [0, 0.05) is 17.6 Å². The van der Waals surface area contributed by atoms with Crippen molar-refractivity contribution >= 4 is 17.0 Å². The normalized spacial score (nSPS) is 12.4. The highest BCUT2D eigenvalue weighted by molar-refractivity contribution is 7.07. The van der Waals surface area contributed by atoms with Crippen molar-refractivity contribution in [1.82, 2.24) is 4.57 Å². The van der Waals surface area contributed by atoms with Crippen molar-refractivity contribution in [3.8, 4) is 0 Å². The molecular weight excluding hydrogens is 252 g/mol. The van der Waals surface area contributed by atoms with E-state index in [1.807, 2.05) is 0 Å². The summed E-state index contributed by atoms with van der Waals surface area (Å²) in [5.41, 5.74) is 4.95. The van der Waals surface area contributed by atoms with E-state index in [1.54, 1.807) is 11.3 Å².